The van der Waals surface area contributed by atoms with Crippen molar-refractivity contribution in [3.8, 4) is 0 Å². The summed E-state index contributed by atoms with van der Waals surface area (Å²) in [5.74, 6) is -0.139. The number of anilines is 1. The predicted molar refractivity (Wildman–Crippen MR) is 84.9 cm³/mol. The molecule has 0 aliphatic carbocycles. The molecule has 3 nitrogen and oxygen atoms in total. The normalized spacial score (nSPS) is 12.8. The Balaban J connectivity index is 2.67. The Morgan fingerprint density at radius 1 is 1.20 bits per heavy atom. The molecule has 0 aliphatic heterocycles. The van der Waals surface area contributed by atoms with Gasteiger partial charge in [-0.1, -0.05) is 13.0 Å². The molecule has 4 heteroatoms. The highest BCUT2D eigenvalue weighted by molar-refractivity contribution is 5.48. The molecule has 1 atom stereocenters. The molecule has 20 heavy (non-hydrogen) atoms. The average molecular weight is 281 g/mol. The third kappa shape index (κ3) is 5.10. The van der Waals surface area contributed by atoms with Crippen molar-refractivity contribution in [2.45, 2.75) is 26.3 Å². The SMILES string of the molecule is CCNC(C)c1ccc(N(C)CCCN(C)C)c(F)c1. The highest BCUT2D eigenvalue weighted by Crippen LogP contribution is 2.22. The van der Waals surface area contributed by atoms with Gasteiger partial charge in [-0.25, -0.2) is 4.39 Å². The highest BCUT2D eigenvalue weighted by Gasteiger charge is 2.11. The van der Waals surface area contributed by atoms with Crippen molar-refractivity contribution in [3.05, 3.63) is 29.6 Å². The highest BCUT2D eigenvalue weighted by atomic mass is 19.1. The quantitative estimate of drug-likeness (QED) is 0.790. The van der Waals surface area contributed by atoms with Gasteiger partial charge in [0.2, 0.25) is 0 Å². The summed E-state index contributed by atoms with van der Waals surface area (Å²) < 4.78 is 14.2. The number of benzene rings is 1. The summed E-state index contributed by atoms with van der Waals surface area (Å²) in [5, 5.41) is 3.30. The van der Waals surface area contributed by atoms with E-state index < -0.39 is 0 Å². The lowest BCUT2D eigenvalue weighted by Crippen LogP contribution is -2.24. The van der Waals surface area contributed by atoms with E-state index in [0.717, 1.165) is 31.6 Å². The van der Waals surface area contributed by atoms with E-state index in [1.54, 1.807) is 6.07 Å². The molecule has 0 bridgehead atoms. The van der Waals surface area contributed by atoms with Crippen LogP contribution in [0.25, 0.3) is 0 Å². The minimum Gasteiger partial charge on any atom is -0.372 e. The van der Waals surface area contributed by atoms with Crippen LogP contribution < -0.4 is 10.2 Å². The third-order valence-electron chi connectivity index (χ3n) is 3.49. The van der Waals surface area contributed by atoms with Crippen molar-refractivity contribution < 1.29 is 4.39 Å². The van der Waals surface area contributed by atoms with E-state index in [9.17, 15) is 4.39 Å². The van der Waals surface area contributed by atoms with Gasteiger partial charge in [0.05, 0.1) is 5.69 Å². The molecule has 0 radical (unpaired) electrons. The van der Waals surface area contributed by atoms with Crippen LogP contribution in [-0.4, -0.2) is 45.7 Å². The predicted octanol–water partition coefficient (Wildman–Crippen LogP) is 2.88. The Morgan fingerprint density at radius 2 is 1.90 bits per heavy atom. The Morgan fingerprint density at radius 3 is 2.45 bits per heavy atom. The van der Waals surface area contributed by atoms with Gasteiger partial charge in [0, 0.05) is 19.6 Å². The lowest BCUT2D eigenvalue weighted by atomic mass is 10.1. The molecule has 1 aromatic carbocycles. The van der Waals surface area contributed by atoms with Gasteiger partial charge >= 0.3 is 0 Å². The summed E-state index contributed by atoms with van der Waals surface area (Å²) in [6, 6.07) is 5.72. The lowest BCUT2D eigenvalue weighted by Gasteiger charge is -2.22. The number of nitrogens with one attached hydrogen (secondary N) is 1. The zero-order valence-electron chi connectivity index (χ0n) is 13.4. The molecule has 0 amide bonds. The number of halogens is 1. The van der Waals surface area contributed by atoms with Crippen LogP contribution >= 0.6 is 0 Å². The van der Waals surface area contributed by atoms with Crippen molar-refractivity contribution in [2.24, 2.45) is 0 Å². The fraction of sp³-hybridized carbons (Fsp3) is 0.625. The second-order valence-electron chi connectivity index (χ2n) is 5.57. The Hall–Kier alpha value is -1.13. The van der Waals surface area contributed by atoms with Crippen LogP contribution in [0.2, 0.25) is 0 Å². The third-order valence-corrected chi connectivity index (χ3v) is 3.49. The van der Waals surface area contributed by atoms with E-state index in [0.29, 0.717) is 5.69 Å². The molecule has 1 rings (SSSR count). The molecule has 0 saturated carbocycles. The van der Waals surface area contributed by atoms with E-state index in [4.69, 9.17) is 0 Å². The maximum Gasteiger partial charge on any atom is 0.146 e. The van der Waals surface area contributed by atoms with E-state index in [1.807, 2.05) is 24.1 Å². The van der Waals surface area contributed by atoms with Crippen molar-refractivity contribution in [2.75, 3.05) is 45.7 Å². The zero-order valence-corrected chi connectivity index (χ0v) is 13.4. The largest absolute Gasteiger partial charge is 0.372 e. The molecule has 0 heterocycles. The van der Waals surface area contributed by atoms with Crippen molar-refractivity contribution in [1.82, 2.24) is 10.2 Å². The fourth-order valence-electron chi connectivity index (χ4n) is 2.27. The maximum absolute atomic E-state index is 14.2. The molecule has 114 valence electrons. The minimum absolute atomic E-state index is 0.139. The van der Waals surface area contributed by atoms with Crippen LogP contribution in [0.3, 0.4) is 0 Å². The topological polar surface area (TPSA) is 18.5 Å². The molecular weight excluding hydrogens is 253 g/mol. The first-order chi connectivity index (χ1) is 9.45. The van der Waals surface area contributed by atoms with E-state index in [1.165, 1.54) is 0 Å². The lowest BCUT2D eigenvalue weighted by molar-refractivity contribution is 0.401. The first-order valence-electron chi connectivity index (χ1n) is 7.34. The first kappa shape index (κ1) is 16.9. The molecule has 0 aliphatic rings. The summed E-state index contributed by atoms with van der Waals surface area (Å²) in [5.41, 5.74) is 1.67. The molecule has 0 fully saturated rings. The molecular formula is C16H28FN3. The fourth-order valence-corrected chi connectivity index (χ4v) is 2.27. The van der Waals surface area contributed by atoms with Crippen LogP contribution in [0, 0.1) is 5.82 Å². The zero-order chi connectivity index (χ0) is 15.1. The molecule has 1 aromatic rings. The molecule has 0 spiro atoms. The maximum atomic E-state index is 14.2. The van der Waals surface area contributed by atoms with Gasteiger partial charge in [-0.15, -0.1) is 0 Å². The number of hydrogen-bond donors (Lipinski definition) is 1. The summed E-state index contributed by atoms with van der Waals surface area (Å²) in [4.78, 5) is 4.13. The minimum atomic E-state index is -0.139. The van der Waals surface area contributed by atoms with Crippen LogP contribution in [0.4, 0.5) is 10.1 Å². The first-order valence-corrected chi connectivity index (χ1v) is 7.34. The standard InChI is InChI=1S/C16H28FN3/c1-6-18-13(2)14-8-9-16(15(17)12-14)20(5)11-7-10-19(3)4/h8-9,12-13,18H,6-7,10-11H2,1-5H3. The summed E-state index contributed by atoms with van der Waals surface area (Å²) >= 11 is 0. The Labute approximate surface area is 122 Å². The molecule has 1 unspecified atom stereocenters. The molecule has 0 saturated heterocycles. The van der Waals surface area contributed by atoms with Gasteiger partial charge in [-0.3, -0.25) is 0 Å². The second-order valence-corrected chi connectivity index (χ2v) is 5.57. The van der Waals surface area contributed by atoms with Gasteiger partial charge < -0.3 is 15.1 Å². The monoisotopic (exact) mass is 281 g/mol. The van der Waals surface area contributed by atoms with Crippen LogP contribution in [0.15, 0.2) is 18.2 Å². The van der Waals surface area contributed by atoms with Gasteiger partial charge in [0.25, 0.3) is 0 Å². The summed E-state index contributed by atoms with van der Waals surface area (Å²) in [6.07, 6.45) is 1.03. The van der Waals surface area contributed by atoms with Crippen LogP contribution in [0.5, 0.6) is 0 Å². The smallest absolute Gasteiger partial charge is 0.146 e. The summed E-state index contributed by atoms with van der Waals surface area (Å²) in [6.45, 7) is 6.87. The van der Waals surface area contributed by atoms with E-state index in [-0.39, 0.29) is 11.9 Å². The molecule has 0 aromatic heterocycles. The molecule has 1 N–H and O–H groups in total. The summed E-state index contributed by atoms with van der Waals surface area (Å²) in [7, 11) is 6.05. The van der Waals surface area contributed by atoms with Crippen molar-refractivity contribution in [3.63, 3.8) is 0 Å². The van der Waals surface area contributed by atoms with Crippen molar-refractivity contribution >= 4 is 5.69 Å². The van der Waals surface area contributed by atoms with Crippen LogP contribution in [0.1, 0.15) is 31.9 Å². The number of rotatable bonds is 8. The van der Waals surface area contributed by atoms with Crippen molar-refractivity contribution in [1.29, 1.82) is 0 Å². The van der Waals surface area contributed by atoms with Crippen LogP contribution in [-0.2, 0) is 0 Å². The number of hydrogen-bond acceptors (Lipinski definition) is 3. The Bertz CT molecular complexity index is 407. The van der Waals surface area contributed by atoms with Gasteiger partial charge in [0.15, 0.2) is 0 Å². The van der Waals surface area contributed by atoms with Gasteiger partial charge in [0.1, 0.15) is 5.82 Å². The van der Waals surface area contributed by atoms with Gasteiger partial charge in [-0.05, 0) is 58.2 Å². The average Bonchev–Trinajstić information content (AvgIpc) is 2.38. The van der Waals surface area contributed by atoms with E-state index >= 15 is 0 Å². The Kier molecular flexibility index (Phi) is 6.96. The van der Waals surface area contributed by atoms with Gasteiger partial charge in [-0.2, -0.15) is 0 Å². The second kappa shape index (κ2) is 8.22. The number of nitrogens with zero attached hydrogens (tertiary/aromatic N) is 2. The van der Waals surface area contributed by atoms with E-state index in [2.05, 4.69) is 38.2 Å².